The molecule has 1 saturated heterocycles. The van der Waals surface area contributed by atoms with E-state index in [1.807, 2.05) is 31.2 Å². The number of alkyl halides is 3. The predicted octanol–water partition coefficient (Wildman–Crippen LogP) is 3.39. The van der Waals surface area contributed by atoms with Crippen LogP contribution < -0.4 is 0 Å². The second-order valence-electron chi connectivity index (χ2n) is 3.83. The van der Waals surface area contributed by atoms with E-state index in [9.17, 15) is 13.2 Å². The first-order valence-corrected chi connectivity index (χ1v) is 4.74. The molecule has 2 rings (SSSR count). The van der Waals surface area contributed by atoms with E-state index in [0.29, 0.717) is 0 Å². The minimum atomic E-state index is -4.13. The van der Waals surface area contributed by atoms with Gasteiger partial charge in [0, 0.05) is 0 Å². The fourth-order valence-corrected chi connectivity index (χ4v) is 1.58. The van der Waals surface area contributed by atoms with Crippen LogP contribution in [0.1, 0.15) is 23.7 Å². The Morgan fingerprint density at radius 2 is 1.80 bits per heavy atom. The molecule has 4 heteroatoms. The maximum absolute atomic E-state index is 12.0. The maximum Gasteiger partial charge on any atom is 0.391 e. The molecule has 0 unspecified atom stereocenters. The summed E-state index contributed by atoms with van der Waals surface area (Å²) in [5.74, 6) is 0. The zero-order valence-electron chi connectivity index (χ0n) is 8.21. The average Bonchev–Trinajstić information content (AvgIpc) is 2.82. The minimum Gasteiger partial charge on any atom is -0.364 e. The van der Waals surface area contributed by atoms with E-state index >= 15 is 0 Å². The first kappa shape index (κ1) is 10.5. The molecule has 0 bridgehead atoms. The van der Waals surface area contributed by atoms with Crippen molar-refractivity contribution in [2.45, 2.75) is 31.7 Å². The predicted molar refractivity (Wildman–Crippen MR) is 49.5 cm³/mol. The lowest BCUT2D eigenvalue weighted by molar-refractivity contribution is -0.137. The van der Waals surface area contributed by atoms with Crippen LogP contribution in [-0.4, -0.2) is 12.3 Å². The van der Waals surface area contributed by atoms with Crippen LogP contribution in [0.15, 0.2) is 24.3 Å². The van der Waals surface area contributed by atoms with Crippen molar-refractivity contribution in [2.24, 2.45) is 0 Å². The van der Waals surface area contributed by atoms with Gasteiger partial charge in [-0.3, -0.25) is 0 Å². The molecule has 1 fully saturated rings. The zero-order chi connectivity index (χ0) is 11.1. The second-order valence-corrected chi connectivity index (χ2v) is 3.83. The topological polar surface area (TPSA) is 12.5 Å². The summed E-state index contributed by atoms with van der Waals surface area (Å²) >= 11 is 0. The summed E-state index contributed by atoms with van der Waals surface area (Å²) in [5.41, 5.74) is 1.92. The first-order valence-electron chi connectivity index (χ1n) is 4.74. The van der Waals surface area contributed by atoms with Crippen LogP contribution >= 0.6 is 0 Å². The van der Waals surface area contributed by atoms with E-state index in [1.165, 1.54) is 0 Å². The summed E-state index contributed by atoms with van der Waals surface area (Å²) in [6.07, 6.45) is -6.05. The number of aryl methyl sites for hydroxylation is 1. The van der Waals surface area contributed by atoms with Crippen molar-refractivity contribution in [3.05, 3.63) is 35.4 Å². The Bertz CT molecular complexity index is 342. The second kappa shape index (κ2) is 3.52. The lowest BCUT2D eigenvalue weighted by Crippen LogP contribution is -2.11. The molecule has 0 aromatic heterocycles. The summed E-state index contributed by atoms with van der Waals surface area (Å²) in [6, 6.07) is 7.38. The number of ether oxygens (including phenoxy) is 1. The van der Waals surface area contributed by atoms with Gasteiger partial charge in [0.1, 0.15) is 6.10 Å². The van der Waals surface area contributed by atoms with Gasteiger partial charge in [-0.1, -0.05) is 29.8 Å². The van der Waals surface area contributed by atoms with E-state index in [-0.39, 0.29) is 6.10 Å². The van der Waals surface area contributed by atoms with Crippen molar-refractivity contribution in [3.8, 4) is 0 Å². The number of rotatable bonds is 2. The van der Waals surface area contributed by atoms with Crippen molar-refractivity contribution < 1.29 is 17.9 Å². The van der Waals surface area contributed by atoms with Gasteiger partial charge in [-0.15, -0.1) is 0 Å². The zero-order valence-corrected chi connectivity index (χ0v) is 8.21. The molecule has 82 valence electrons. The van der Waals surface area contributed by atoms with Gasteiger partial charge in [-0.25, -0.2) is 0 Å². The Morgan fingerprint density at radius 3 is 2.33 bits per heavy atom. The van der Waals surface area contributed by atoms with Gasteiger partial charge in [0.25, 0.3) is 0 Å². The molecular weight excluding hydrogens is 205 g/mol. The molecule has 1 aliphatic rings. The summed E-state index contributed by atoms with van der Waals surface area (Å²) in [5, 5.41) is 0. The number of hydrogen-bond donors (Lipinski definition) is 0. The smallest absolute Gasteiger partial charge is 0.364 e. The van der Waals surface area contributed by atoms with Gasteiger partial charge in [0.05, 0.1) is 12.5 Å². The highest BCUT2D eigenvalue weighted by atomic mass is 19.4. The van der Waals surface area contributed by atoms with Gasteiger partial charge in [-0.05, 0) is 12.5 Å². The van der Waals surface area contributed by atoms with Gasteiger partial charge in [-0.2, -0.15) is 13.2 Å². The third-order valence-corrected chi connectivity index (χ3v) is 2.42. The van der Waals surface area contributed by atoms with Crippen LogP contribution in [0.25, 0.3) is 0 Å². The summed E-state index contributed by atoms with van der Waals surface area (Å²) < 4.78 is 41.1. The quantitative estimate of drug-likeness (QED) is 0.690. The van der Waals surface area contributed by atoms with Crippen LogP contribution in [0.4, 0.5) is 13.2 Å². The Kier molecular flexibility index (Phi) is 2.46. The Morgan fingerprint density at radius 1 is 1.20 bits per heavy atom. The van der Waals surface area contributed by atoms with Gasteiger partial charge >= 0.3 is 6.18 Å². The van der Waals surface area contributed by atoms with Crippen molar-refractivity contribution >= 4 is 0 Å². The molecule has 1 aliphatic heterocycles. The third kappa shape index (κ3) is 2.72. The molecule has 0 amide bonds. The van der Waals surface area contributed by atoms with Crippen LogP contribution in [0.2, 0.25) is 0 Å². The van der Waals surface area contributed by atoms with E-state index in [2.05, 4.69) is 0 Å². The highest BCUT2D eigenvalue weighted by molar-refractivity contribution is 5.26. The summed E-state index contributed by atoms with van der Waals surface area (Å²) in [6.45, 7) is 1.94. The van der Waals surface area contributed by atoms with E-state index < -0.39 is 18.7 Å². The number of epoxide rings is 1. The van der Waals surface area contributed by atoms with Crippen LogP contribution in [0.3, 0.4) is 0 Å². The van der Waals surface area contributed by atoms with E-state index in [0.717, 1.165) is 11.1 Å². The monoisotopic (exact) mass is 216 g/mol. The lowest BCUT2D eigenvalue weighted by atomic mass is 10.1. The van der Waals surface area contributed by atoms with Crippen molar-refractivity contribution in [1.82, 2.24) is 0 Å². The van der Waals surface area contributed by atoms with Crippen LogP contribution in [-0.2, 0) is 4.74 Å². The lowest BCUT2D eigenvalue weighted by Gasteiger charge is -2.02. The van der Waals surface area contributed by atoms with E-state index in [4.69, 9.17) is 4.74 Å². The summed E-state index contributed by atoms with van der Waals surface area (Å²) in [7, 11) is 0. The van der Waals surface area contributed by atoms with Gasteiger partial charge in [0.15, 0.2) is 0 Å². The SMILES string of the molecule is Cc1ccc([C@H]2O[C@@H]2CC(F)(F)F)cc1. The normalized spacial score (nSPS) is 25.3. The first-order chi connectivity index (χ1) is 6.96. The fraction of sp³-hybridized carbons (Fsp3) is 0.455. The van der Waals surface area contributed by atoms with Gasteiger partial charge < -0.3 is 4.74 Å². The van der Waals surface area contributed by atoms with Crippen molar-refractivity contribution in [1.29, 1.82) is 0 Å². The molecule has 0 spiro atoms. The van der Waals surface area contributed by atoms with Crippen molar-refractivity contribution in [3.63, 3.8) is 0 Å². The Balaban J connectivity index is 1.96. The fourth-order valence-electron chi connectivity index (χ4n) is 1.58. The molecule has 15 heavy (non-hydrogen) atoms. The van der Waals surface area contributed by atoms with Crippen molar-refractivity contribution in [2.75, 3.05) is 0 Å². The molecule has 1 aromatic carbocycles. The van der Waals surface area contributed by atoms with Crippen LogP contribution in [0, 0.1) is 6.92 Å². The molecule has 1 nitrogen and oxygen atoms in total. The molecule has 1 aromatic rings. The molecule has 0 aliphatic carbocycles. The molecule has 1 heterocycles. The highest BCUT2D eigenvalue weighted by Crippen LogP contribution is 2.44. The largest absolute Gasteiger partial charge is 0.391 e. The summed E-state index contributed by atoms with van der Waals surface area (Å²) in [4.78, 5) is 0. The molecule has 2 atom stereocenters. The van der Waals surface area contributed by atoms with Gasteiger partial charge in [0.2, 0.25) is 0 Å². The van der Waals surface area contributed by atoms with E-state index in [1.54, 1.807) is 0 Å². The number of benzene rings is 1. The molecule has 0 radical (unpaired) electrons. The standard InChI is InChI=1S/C11H11F3O/c1-7-2-4-8(5-3-7)10-9(15-10)6-11(12,13)14/h2-5,9-10H,6H2,1H3/t9-,10-/m1/s1. The number of halogens is 3. The third-order valence-electron chi connectivity index (χ3n) is 2.42. The molecule has 0 N–H and O–H groups in total. The Hall–Kier alpha value is -1.03. The number of hydrogen-bond acceptors (Lipinski definition) is 1. The molecular formula is C11H11F3O. The molecule has 0 saturated carbocycles. The average molecular weight is 216 g/mol. The highest BCUT2D eigenvalue weighted by Gasteiger charge is 2.47. The minimum absolute atomic E-state index is 0.368. The van der Waals surface area contributed by atoms with Crippen LogP contribution in [0.5, 0.6) is 0 Å². The maximum atomic E-state index is 12.0. The Labute approximate surface area is 85.9 Å².